The summed E-state index contributed by atoms with van der Waals surface area (Å²) in [6, 6.07) is 8.19. The van der Waals surface area contributed by atoms with Crippen molar-refractivity contribution in [2.24, 2.45) is 0 Å². The Labute approximate surface area is 191 Å². The Bertz CT molecular complexity index is 1290. The molecule has 1 unspecified atom stereocenters. The third-order valence-electron chi connectivity index (χ3n) is 5.20. The summed E-state index contributed by atoms with van der Waals surface area (Å²) in [4.78, 5) is 27.8. The molecule has 5 nitrogen and oxygen atoms in total. The number of nitrogens with zero attached hydrogens (tertiary/aromatic N) is 1. The molecule has 0 spiro atoms. The maximum absolute atomic E-state index is 14.0. The molecular weight excluding hydrogens is 460 g/mol. The molecule has 0 aliphatic carbocycles. The minimum Gasteiger partial charge on any atom is -0.507 e. The van der Waals surface area contributed by atoms with Crippen LogP contribution in [0.25, 0.3) is 5.76 Å². The Morgan fingerprint density at radius 2 is 1.88 bits per heavy atom. The highest BCUT2D eigenvalue weighted by atomic mass is 35.5. The van der Waals surface area contributed by atoms with Crippen molar-refractivity contribution in [3.63, 3.8) is 0 Å². The van der Waals surface area contributed by atoms with Gasteiger partial charge in [0.1, 0.15) is 17.6 Å². The van der Waals surface area contributed by atoms with Crippen molar-refractivity contribution in [3.8, 4) is 5.75 Å². The number of rotatable bonds is 4. The topological polar surface area (TPSA) is 66.8 Å². The number of ether oxygens (including phenoxy) is 1. The van der Waals surface area contributed by atoms with E-state index in [0.29, 0.717) is 10.6 Å². The lowest BCUT2D eigenvalue weighted by molar-refractivity contribution is -0.132. The molecule has 4 rings (SSSR count). The number of carbonyl (C=O) groups is 2. The average molecular weight is 476 g/mol. The summed E-state index contributed by atoms with van der Waals surface area (Å²) in [7, 11) is 1.43. The van der Waals surface area contributed by atoms with Gasteiger partial charge in [-0.3, -0.25) is 14.5 Å². The van der Waals surface area contributed by atoms with E-state index in [1.54, 1.807) is 24.4 Å². The number of aliphatic hydroxyl groups is 1. The van der Waals surface area contributed by atoms with Gasteiger partial charge in [-0.05, 0) is 54.3 Å². The van der Waals surface area contributed by atoms with Crippen LogP contribution in [0.3, 0.4) is 0 Å². The van der Waals surface area contributed by atoms with Gasteiger partial charge < -0.3 is 9.84 Å². The number of aliphatic hydroxyl groups excluding tert-OH is 1. The maximum atomic E-state index is 14.0. The monoisotopic (exact) mass is 475 g/mol. The first kappa shape index (κ1) is 22.0. The van der Waals surface area contributed by atoms with Crippen LogP contribution in [0.4, 0.5) is 14.5 Å². The van der Waals surface area contributed by atoms with Gasteiger partial charge in [-0.1, -0.05) is 11.6 Å². The Hall–Kier alpha value is -3.23. The van der Waals surface area contributed by atoms with Crippen LogP contribution < -0.4 is 9.64 Å². The predicted octanol–water partition coefficient (Wildman–Crippen LogP) is 5.62. The number of amides is 1. The van der Waals surface area contributed by atoms with E-state index in [0.717, 1.165) is 22.6 Å². The first-order chi connectivity index (χ1) is 15.2. The molecule has 1 saturated heterocycles. The number of carbonyl (C=O) groups excluding carboxylic acids is 2. The average Bonchev–Trinajstić information content (AvgIpc) is 3.30. The Balaban J connectivity index is 1.98. The highest BCUT2D eigenvalue weighted by Crippen LogP contribution is 2.45. The second-order valence-corrected chi connectivity index (χ2v) is 8.44. The molecule has 0 radical (unpaired) electrons. The smallest absolute Gasteiger partial charge is 0.300 e. The van der Waals surface area contributed by atoms with Gasteiger partial charge in [0.15, 0.2) is 11.6 Å². The van der Waals surface area contributed by atoms with Crippen molar-refractivity contribution < 1.29 is 28.2 Å². The van der Waals surface area contributed by atoms with Gasteiger partial charge >= 0.3 is 0 Å². The second-order valence-electron chi connectivity index (χ2n) is 7.08. The fraction of sp³-hybridized carbons (Fsp3) is 0.130. The lowest BCUT2D eigenvalue weighted by atomic mass is 9.98. The molecule has 0 saturated carbocycles. The maximum Gasteiger partial charge on any atom is 0.300 e. The highest BCUT2D eigenvalue weighted by molar-refractivity contribution is 7.10. The Morgan fingerprint density at radius 1 is 1.12 bits per heavy atom. The van der Waals surface area contributed by atoms with Crippen molar-refractivity contribution in [2.45, 2.75) is 13.0 Å². The van der Waals surface area contributed by atoms with Gasteiger partial charge in [-0.15, -0.1) is 11.3 Å². The second kappa shape index (κ2) is 8.37. The van der Waals surface area contributed by atoms with Crippen LogP contribution >= 0.6 is 22.9 Å². The van der Waals surface area contributed by atoms with E-state index in [1.807, 2.05) is 0 Å². The van der Waals surface area contributed by atoms with Crippen molar-refractivity contribution in [3.05, 3.63) is 86.1 Å². The minimum absolute atomic E-state index is 0.0143. The van der Waals surface area contributed by atoms with E-state index in [9.17, 15) is 23.5 Å². The van der Waals surface area contributed by atoms with Crippen molar-refractivity contribution >= 4 is 46.1 Å². The number of Topliss-reactive ketones (excluding diaryl/α,β-unsaturated/α-hetero) is 1. The molecule has 1 fully saturated rings. The third kappa shape index (κ3) is 3.55. The largest absolute Gasteiger partial charge is 0.507 e. The molecule has 2 aromatic carbocycles. The van der Waals surface area contributed by atoms with Crippen molar-refractivity contribution in [1.82, 2.24) is 0 Å². The number of hydrogen-bond donors (Lipinski definition) is 1. The summed E-state index contributed by atoms with van der Waals surface area (Å²) in [5.74, 6) is -4.30. The quantitative estimate of drug-likeness (QED) is 0.302. The molecule has 0 bridgehead atoms. The Kier molecular flexibility index (Phi) is 5.75. The van der Waals surface area contributed by atoms with Crippen molar-refractivity contribution in [1.29, 1.82) is 0 Å². The standard InChI is InChI=1S/C23H16ClF2NO4S/c1-11-7-8-32-22(11)19-18(20(28)14-10-13(31-2)4-5-15(14)24)21(29)23(30)27(19)12-3-6-16(25)17(26)9-12/h3-10,19,28H,1-2H3/b20-18-. The fourth-order valence-corrected chi connectivity index (χ4v) is 4.84. The molecule has 1 atom stereocenters. The van der Waals surface area contributed by atoms with E-state index in [1.165, 1.54) is 36.6 Å². The molecule has 1 N–H and O–H groups in total. The zero-order valence-electron chi connectivity index (χ0n) is 16.9. The van der Waals surface area contributed by atoms with Gasteiger partial charge in [0.05, 0.1) is 17.7 Å². The minimum atomic E-state index is -1.16. The number of thiophene rings is 1. The molecule has 32 heavy (non-hydrogen) atoms. The number of halogens is 3. The molecule has 1 aliphatic heterocycles. The van der Waals surface area contributed by atoms with E-state index >= 15 is 0 Å². The van der Waals surface area contributed by atoms with E-state index < -0.39 is 35.1 Å². The number of anilines is 1. The summed E-state index contributed by atoms with van der Waals surface area (Å²) in [5, 5.41) is 13.1. The Morgan fingerprint density at radius 3 is 2.50 bits per heavy atom. The first-order valence-electron chi connectivity index (χ1n) is 9.38. The molecule has 3 aromatic rings. The van der Waals surface area contributed by atoms with Crippen LogP contribution in [0.1, 0.15) is 22.0 Å². The molecule has 2 heterocycles. The SMILES string of the molecule is COc1ccc(Cl)c(/C(O)=C2/C(=O)C(=O)N(c3ccc(F)c(F)c3)C2c2sccc2C)c1. The van der Waals surface area contributed by atoms with Crippen LogP contribution in [0.2, 0.25) is 5.02 Å². The zero-order chi connectivity index (χ0) is 23.2. The van der Waals surface area contributed by atoms with Gasteiger partial charge in [-0.25, -0.2) is 8.78 Å². The third-order valence-corrected chi connectivity index (χ3v) is 6.61. The summed E-state index contributed by atoms with van der Waals surface area (Å²) < 4.78 is 32.7. The van der Waals surface area contributed by atoms with Gasteiger partial charge in [0.2, 0.25) is 0 Å². The zero-order valence-corrected chi connectivity index (χ0v) is 18.4. The number of ketones is 1. The number of aryl methyl sites for hydroxylation is 1. The summed E-state index contributed by atoms with van der Waals surface area (Å²) >= 11 is 7.53. The molecule has 1 aromatic heterocycles. The number of benzene rings is 2. The van der Waals surface area contributed by atoms with Crippen LogP contribution in [-0.2, 0) is 9.59 Å². The van der Waals surface area contributed by atoms with Gasteiger partial charge in [0.25, 0.3) is 11.7 Å². The molecule has 9 heteroatoms. The van der Waals surface area contributed by atoms with Crippen molar-refractivity contribution in [2.75, 3.05) is 12.0 Å². The molecule has 1 amide bonds. The first-order valence-corrected chi connectivity index (χ1v) is 10.6. The molecule has 1 aliphatic rings. The fourth-order valence-electron chi connectivity index (χ4n) is 3.60. The van der Waals surface area contributed by atoms with Crippen LogP contribution in [0.5, 0.6) is 5.75 Å². The van der Waals surface area contributed by atoms with Gasteiger partial charge in [-0.2, -0.15) is 0 Å². The predicted molar refractivity (Wildman–Crippen MR) is 118 cm³/mol. The normalized spacial score (nSPS) is 17.8. The van der Waals surface area contributed by atoms with Crippen LogP contribution in [0.15, 0.2) is 53.4 Å². The molecule has 164 valence electrons. The van der Waals surface area contributed by atoms with E-state index in [-0.39, 0.29) is 21.8 Å². The lowest BCUT2D eigenvalue weighted by Gasteiger charge is -2.25. The summed E-state index contributed by atoms with van der Waals surface area (Å²) in [5.41, 5.74) is 0.644. The number of methoxy groups -OCH3 is 1. The van der Waals surface area contributed by atoms with Gasteiger partial charge in [0, 0.05) is 22.2 Å². The van der Waals surface area contributed by atoms with E-state index in [2.05, 4.69) is 0 Å². The highest BCUT2D eigenvalue weighted by Gasteiger charge is 2.48. The molecular formula is C23H16ClF2NO4S. The van der Waals surface area contributed by atoms with Crippen LogP contribution in [-0.4, -0.2) is 23.9 Å². The van der Waals surface area contributed by atoms with Crippen LogP contribution in [0, 0.1) is 18.6 Å². The summed E-state index contributed by atoms with van der Waals surface area (Å²) in [6.45, 7) is 1.79. The summed E-state index contributed by atoms with van der Waals surface area (Å²) in [6.07, 6.45) is 0. The van der Waals surface area contributed by atoms with E-state index in [4.69, 9.17) is 16.3 Å². The number of hydrogen-bond acceptors (Lipinski definition) is 5. The lowest BCUT2D eigenvalue weighted by Crippen LogP contribution is -2.29.